The molecule has 0 saturated heterocycles. The van der Waals surface area contributed by atoms with E-state index in [0.717, 1.165) is 13.0 Å². The van der Waals surface area contributed by atoms with Crippen LogP contribution in [0.1, 0.15) is 39.0 Å². The van der Waals surface area contributed by atoms with Crippen molar-refractivity contribution in [3.05, 3.63) is 29.0 Å². The number of hydrogen-bond donors (Lipinski definition) is 1. The smallest absolute Gasteiger partial charge is 0.142 e. The van der Waals surface area contributed by atoms with Gasteiger partial charge in [-0.1, -0.05) is 31.4 Å². The molecule has 2 nitrogen and oxygen atoms in total. The maximum Gasteiger partial charge on any atom is 0.142 e. The van der Waals surface area contributed by atoms with Gasteiger partial charge < -0.3 is 10.1 Å². The number of benzene rings is 1. The van der Waals surface area contributed by atoms with Gasteiger partial charge in [0.05, 0.1) is 5.02 Å². The number of halogens is 2. The Morgan fingerprint density at radius 2 is 2.15 bits per heavy atom. The zero-order valence-electron chi connectivity index (χ0n) is 11.8. The molecule has 2 unspecified atom stereocenters. The Morgan fingerprint density at radius 3 is 2.80 bits per heavy atom. The van der Waals surface area contributed by atoms with Crippen molar-refractivity contribution in [2.24, 2.45) is 5.41 Å². The van der Waals surface area contributed by atoms with Gasteiger partial charge in [-0.3, -0.25) is 0 Å². The summed E-state index contributed by atoms with van der Waals surface area (Å²) in [6.07, 6.45) is 6.28. The SMILES string of the molecule is CCNC1CC(Oc2ccc(F)c(Cl)c2)C12CCCC2. The molecule has 0 amide bonds. The number of rotatable bonds is 4. The van der Waals surface area contributed by atoms with E-state index in [1.165, 1.54) is 31.7 Å². The largest absolute Gasteiger partial charge is 0.490 e. The average Bonchev–Trinajstić information content (AvgIpc) is 2.94. The molecule has 0 heterocycles. The molecule has 2 fully saturated rings. The van der Waals surface area contributed by atoms with Gasteiger partial charge in [-0.25, -0.2) is 4.39 Å². The second-order valence-electron chi connectivity index (χ2n) is 5.97. The molecule has 2 aliphatic carbocycles. The fourth-order valence-electron chi connectivity index (χ4n) is 3.86. The van der Waals surface area contributed by atoms with Crippen LogP contribution >= 0.6 is 11.6 Å². The number of nitrogens with one attached hydrogen (secondary N) is 1. The van der Waals surface area contributed by atoms with E-state index in [9.17, 15) is 4.39 Å². The number of hydrogen-bond acceptors (Lipinski definition) is 2. The van der Waals surface area contributed by atoms with E-state index in [1.807, 2.05) is 0 Å². The molecule has 3 rings (SSSR count). The first kappa shape index (κ1) is 14.2. The van der Waals surface area contributed by atoms with Crippen molar-refractivity contribution in [1.82, 2.24) is 5.32 Å². The lowest BCUT2D eigenvalue weighted by Gasteiger charge is -2.54. The highest BCUT2D eigenvalue weighted by atomic mass is 35.5. The van der Waals surface area contributed by atoms with Crippen molar-refractivity contribution in [2.45, 2.75) is 51.2 Å². The lowest BCUT2D eigenvalue weighted by Crippen LogP contribution is -2.63. The summed E-state index contributed by atoms with van der Waals surface area (Å²) in [5.74, 6) is 0.288. The van der Waals surface area contributed by atoms with Crippen LogP contribution < -0.4 is 10.1 Å². The van der Waals surface area contributed by atoms with Crippen molar-refractivity contribution >= 4 is 11.6 Å². The van der Waals surface area contributed by atoms with E-state index in [0.29, 0.717) is 11.8 Å². The van der Waals surface area contributed by atoms with Gasteiger partial charge in [-0.15, -0.1) is 0 Å². The summed E-state index contributed by atoms with van der Waals surface area (Å²) < 4.78 is 19.3. The molecule has 0 aromatic heterocycles. The van der Waals surface area contributed by atoms with Crippen molar-refractivity contribution in [3.8, 4) is 5.75 Å². The summed E-state index contributed by atoms with van der Waals surface area (Å²) in [4.78, 5) is 0. The maximum atomic E-state index is 13.2. The third kappa shape index (κ3) is 2.31. The minimum Gasteiger partial charge on any atom is -0.490 e. The molecule has 0 bridgehead atoms. The van der Waals surface area contributed by atoms with Crippen LogP contribution in [0.25, 0.3) is 0 Å². The van der Waals surface area contributed by atoms with Crippen LogP contribution in [0, 0.1) is 11.2 Å². The third-order valence-electron chi connectivity index (χ3n) is 4.94. The van der Waals surface area contributed by atoms with Gasteiger partial charge in [0.1, 0.15) is 17.7 Å². The Balaban J connectivity index is 1.72. The molecule has 1 aromatic rings. The molecular weight excluding hydrogens is 277 g/mol. The predicted molar refractivity (Wildman–Crippen MR) is 78.8 cm³/mol. The van der Waals surface area contributed by atoms with Crippen LogP contribution in [-0.2, 0) is 0 Å². The van der Waals surface area contributed by atoms with Crippen molar-refractivity contribution < 1.29 is 9.13 Å². The summed E-state index contributed by atoms with van der Waals surface area (Å²) in [5.41, 5.74) is 0.275. The van der Waals surface area contributed by atoms with E-state index in [1.54, 1.807) is 12.1 Å². The molecule has 2 aliphatic rings. The molecule has 110 valence electrons. The highest BCUT2D eigenvalue weighted by Crippen LogP contribution is 2.54. The highest BCUT2D eigenvalue weighted by molar-refractivity contribution is 6.30. The second-order valence-corrected chi connectivity index (χ2v) is 6.38. The summed E-state index contributed by atoms with van der Waals surface area (Å²) in [6, 6.07) is 5.19. The first-order chi connectivity index (χ1) is 9.65. The van der Waals surface area contributed by atoms with Gasteiger partial charge >= 0.3 is 0 Å². The normalized spacial score (nSPS) is 27.6. The first-order valence-electron chi connectivity index (χ1n) is 7.51. The Kier molecular flexibility index (Phi) is 3.91. The molecule has 2 saturated carbocycles. The van der Waals surface area contributed by atoms with Crippen molar-refractivity contribution in [3.63, 3.8) is 0 Å². The highest BCUT2D eigenvalue weighted by Gasteiger charge is 2.57. The van der Waals surface area contributed by atoms with Crippen molar-refractivity contribution in [2.75, 3.05) is 6.54 Å². The summed E-state index contributed by atoms with van der Waals surface area (Å²) in [5, 5.41) is 3.72. The Bertz CT molecular complexity index is 487. The first-order valence-corrected chi connectivity index (χ1v) is 7.88. The summed E-state index contributed by atoms with van der Waals surface area (Å²) in [7, 11) is 0. The minimum absolute atomic E-state index is 0.130. The standard InChI is InChI=1S/C16H21ClFNO/c1-2-19-14-10-15(16(14)7-3-4-8-16)20-11-5-6-13(18)12(17)9-11/h5-6,9,14-15,19H,2-4,7-8,10H2,1H3. The zero-order valence-corrected chi connectivity index (χ0v) is 12.5. The Labute approximate surface area is 124 Å². The fraction of sp³-hybridized carbons (Fsp3) is 0.625. The number of ether oxygens (including phenoxy) is 1. The van der Waals surface area contributed by atoms with Crippen LogP contribution in [0.4, 0.5) is 4.39 Å². The fourth-order valence-corrected chi connectivity index (χ4v) is 4.03. The van der Waals surface area contributed by atoms with E-state index in [2.05, 4.69) is 12.2 Å². The van der Waals surface area contributed by atoms with Gasteiger partial charge in [0.25, 0.3) is 0 Å². The van der Waals surface area contributed by atoms with Crippen LogP contribution in [0.15, 0.2) is 18.2 Å². The Morgan fingerprint density at radius 1 is 1.40 bits per heavy atom. The van der Waals surface area contributed by atoms with Gasteiger partial charge in [0.15, 0.2) is 0 Å². The molecule has 1 aromatic carbocycles. The predicted octanol–water partition coefficient (Wildman–Crippen LogP) is 4.17. The van der Waals surface area contributed by atoms with E-state index >= 15 is 0 Å². The zero-order chi connectivity index (χ0) is 14.2. The molecule has 0 radical (unpaired) electrons. The summed E-state index contributed by atoms with van der Waals surface area (Å²) in [6.45, 7) is 3.15. The van der Waals surface area contributed by atoms with Gasteiger partial charge in [-0.05, 0) is 31.5 Å². The quantitative estimate of drug-likeness (QED) is 0.900. The van der Waals surface area contributed by atoms with E-state index in [-0.39, 0.29) is 16.5 Å². The van der Waals surface area contributed by atoms with Crippen LogP contribution in [0.3, 0.4) is 0 Å². The topological polar surface area (TPSA) is 21.3 Å². The molecule has 4 heteroatoms. The maximum absolute atomic E-state index is 13.2. The molecule has 20 heavy (non-hydrogen) atoms. The van der Waals surface area contributed by atoms with Crippen LogP contribution in [-0.4, -0.2) is 18.7 Å². The summed E-state index contributed by atoms with van der Waals surface area (Å²) >= 11 is 5.82. The van der Waals surface area contributed by atoms with Crippen molar-refractivity contribution in [1.29, 1.82) is 0 Å². The molecule has 1 spiro atoms. The molecule has 2 atom stereocenters. The average molecular weight is 298 g/mol. The molecule has 0 aliphatic heterocycles. The van der Waals surface area contributed by atoms with Gasteiger partial charge in [0, 0.05) is 23.9 Å². The lowest BCUT2D eigenvalue weighted by molar-refractivity contribution is -0.0755. The van der Waals surface area contributed by atoms with E-state index in [4.69, 9.17) is 16.3 Å². The molecule has 1 N–H and O–H groups in total. The minimum atomic E-state index is -0.395. The van der Waals surface area contributed by atoms with Gasteiger partial charge in [0.2, 0.25) is 0 Å². The van der Waals surface area contributed by atoms with Crippen LogP contribution in [0.5, 0.6) is 5.75 Å². The second kappa shape index (κ2) is 5.53. The molecular formula is C16H21ClFNO. The lowest BCUT2D eigenvalue weighted by atomic mass is 9.60. The monoisotopic (exact) mass is 297 g/mol. The van der Waals surface area contributed by atoms with Crippen LogP contribution in [0.2, 0.25) is 5.02 Å². The Hall–Kier alpha value is -0.800. The van der Waals surface area contributed by atoms with E-state index < -0.39 is 5.82 Å². The van der Waals surface area contributed by atoms with Gasteiger partial charge in [-0.2, -0.15) is 0 Å². The third-order valence-corrected chi connectivity index (χ3v) is 5.23.